The van der Waals surface area contributed by atoms with Crippen LogP contribution in [0.3, 0.4) is 0 Å². The van der Waals surface area contributed by atoms with E-state index in [0.717, 1.165) is 24.8 Å². The second-order valence-corrected chi connectivity index (χ2v) is 9.32. The van der Waals surface area contributed by atoms with E-state index < -0.39 is 10.0 Å². The second kappa shape index (κ2) is 9.89. The first-order valence-corrected chi connectivity index (χ1v) is 11.5. The molecule has 2 aromatic rings. The zero-order valence-corrected chi connectivity index (χ0v) is 18.0. The van der Waals surface area contributed by atoms with Crippen molar-refractivity contribution in [3.8, 4) is 0 Å². The molecule has 1 aliphatic rings. The van der Waals surface area contributed by atoms with Gasteiger partial charge in [0.1, 0.15) is 0 Å². The molecule has 2 N–H and O–H groups in total. The van der Waals surface area contributed by atoms with Crippen molar-refractivity contribution in [1.82, 2.24) is 14.9 Å². The molecule has 0 aliphatic carbocycles. The van der Waals surface area contributed by atoms with Crippen LogP contribution in [0, 0.1) is 6.92 Å². The van der Waals surface area contributed by atoms with Crippen LogP contribution in [-0.2, 0) is 23.1 Å². The van der Waals surface area contributed by atoms with Gasteiger partial charge in [0.2, 0.25) is 10.0 Å². The highest BCUT2D eigenvalue weighted by Gasteiger charge is 2.25. The summed E-state index contributed by atoms with van der Waals surface area (Å²) in [5.74, 6) is 0.676. The number of nitrogens with zero attached hydrogens (tertiary/aromatic N) is 2. The zero-order valence-electron chi connectivity index (χ0n) is 17.2. The lowest BCUT2D eigenvalue weighted by Gasteiger charge is -2.26. The Hall–Kier alpha value is -2.38. The van der Waals surface area contributed by atoms with Crippen molar-refractivity contribution >= 4 is 16.0 Å². The van der Waals surface area contributed by atoms with Gasteiger partial charge >= 0.3 is 0 Å². The van der Waals surface area contributed by atoms with E-state index in [4.69, 9.17) is 0 Å². The van der Waals surface area contributed by atoms with Gasteiger partial charge in [-0.05, 0) is 43.0 Å². The van der Waals surface area contributed by atoms with Crippen molar-refractivity contribution in [2.45, 2.75) is 44.2 Å². The Labute approximate surface area is 174 Å². The minimum atomic E-state index is -3.42. The van der Waals surface area contributed by atoms with Gasteiger partial charge in [0, 0.05) is 33.2 Å². The maximum Gasteiger partial charge on any atom is 0.243 e. The fourth-order valence-electron chi connectivity index (χ4n) is 3.37. The van der Waals surface area contributed by atoms with Crippen molar-refractivity contribution < 1.29 is 8.42 Å². The number of nitrogens with one attached hydrogen (secondary N) is 2. The third kappa shape index (κ3) is 5.81. The first-order valence-electron chi connectivity index (χ1n) is 10.1. The molecule has 7 heteroatoms. The summed E-state index contributed by atoms with van der Waals surface area (Å²) in [6.07, 6.45) is 2.97. The van der Waals surface area contributed by atoms with Gasteiger partial charge in [0.25, 0.3) is 0 Å². The number of rotatable bonds is 6. The molecule has 0 bridgehead atoms. The van der Waals surface area contributed by atoms with Crippen molar-refractivity contribution in [3.63, 3.8) is 0 Å². The molecule has 156 valence electrons. The highest BCUT2D eigenvalue weighted by atomic mass is 32.2. The van der Waals surface area contributed by atoms with Gasteiger partial charge in [0.05, 0.1) is 4.90 Å². The summed E-state index contributed by atoms with van der Waals surface area (Å²) in [4.78, 5) is 4.61. The average molecular weight is 415 g/mol. The SMILES string of the molecule is CN=C(NCc1ccc(C)cc1)NCc1cccc(S(=O)(=O)N2CCCCC2)c1. The highest BCUT2D eigenvalue weighted by Crippen LogP contribution is 2.21. The summed E-state index contributed by atoms with van der Waals surface area (Å²) < 4.78 is 27.4. The van der Waals surface area contributed by atoms with E-state index in [1.165, 1.54) is 11.1 Å². The topological polar surface area (TPSA) is 73.8 Å². The maximum absolute atomic E-state index is 12.9. The molecule has 0 radical (unpaired) electrons. The Kier molecular flexibility index (Phi) is 7.28. The highest BCUT2D eigenvalue weighted by molar-refractivity contribution is 7.89. The van der Waals surface area contributed by atoms with E-state index in [1.54, 1.807) is 29.6 Å². The van der Waals surface area contributed by atoms with Gasteiger partial charge in [-0.25, -0.2) is 8.42 Å². The normalized spacial score (nSPS) is 15.9. The third-order valence-electron chi connectivity index (χ3n) is 5.12. The molecule has 0 atom stereocenters. The van der Waals surface area contributed by atoms with Crippen LogP contribution < -0.4 is 10.6 Å². The molecule has 6 nitrogen and oxygen atoms in total. The lowest BCUT2D eigenvalue weighted by molar-refractivity contribution is 0.346. The molecule has 0 unspecified atom stereocenters. The number of piperidine rings is 1. The van der Waals surface area contributed by atoms with E-state index in [2.05, 4.69) is 46.8 Å². The number of aryl methyl sites for hydroxylation is 1. The number of sulfonamides is 1. The van der Waals surface area contributed by atoms with Gasteiger partial charge < -0.3 is 10.6 Å². The molecule has 1 aliphatic heterocycles. The lowest BCUT2D eigenvalue weighted by atomic mass is 10.1. The maximum atomic E-state index is 12.9. The largest absolute Gasteiger partial charge is 0.352 e. The Morgan fingerprint density at radius 1 is 0.966 bits per heavy atom. The monoisotopic (exact) mass is 414 g/mol. The van der Waals surface area contributed by atoms with Crippen LogP contribution in [-0.4, -0.2) is 38.8 Å². The predicted molar refractivity (Wildman–Crippen MR) is 117 cm³/mol. The Morgan fingerprint density at radius 2 is 1.62 bits per heavy atom. The van der Waals surface area contributed by atoms with E-state index in [-0.39, 0.29) is 0 Å². The summed E-state index contributed by atoms with van der Waals surface area (Å²) in [6.45, 7) is 4.46. The molecule has 3 rings (SSSR count). The molecule has 2 aromatic carbocycles. The molecular weight excluding hydrogens is 384 g/mol. The minimum absolute atomic E-state index is 0.362. The first kappa shape index (κ1) is 21.3. The smallest absolute Gasteiger partial charge is 0.243 e. The predicted octanol–water partition coefficient (Wildman–Crippen LogP) is 3.03. The summed E-state index contributed by atoms with van der Waals surface area (Å²) >= 11 is 0. The molecule has 0 aromatic heterocycles. The summed E-state index contributed by atoms with van der Waals surface area (Å²) in [5.41, 5.74) is 3.31. The fraction of sp³-hybridized carbons (Fsp3) is 0.409. The van der Waals surface area contributed by atoms with Gasteiger partial charge in [0.15, 0.2) is 5.96 Å². The average Bonchev–Trinajstić information content (AvgIpc) is 2.76. The number of benzene rings is 2. The fourth-order valence-corrected chi connectivity index (χ4v) is 4.96. The minimum Gasteiger partial charge on any atom is -0.352 e. The summed E-state index contributed by atoms with van der Waals surface area (Å²) in [5, 5.41) is 6.54. The number of guanidine groups is 1. The second-order valence-electron chi connectivity index (χ2n) is 7.38. The van der Waals surface area contributed by atoms with Crippen LogP contribution in [0.15, 0.2) is 58.4 Å². The van der Waals surface area contributed by atoms with Gasteiger partial charge in [-0.3, -0.25) is 4.99 Å². The molecule has 0 saturated carbocycles. The Balaban J connectivity index is 1.59. The molecule has 1 fully saturated rings. The van der Waals surface area contributed by atoms with Crippen molar-refractivity contribution in [2.24, 2.45) is 4.99 Å². The van der Waals surface area contributed by atoms with Gasteiger partial charge in [-0.2, -0.15) is 4.31 Å². The van der Waals surface area contributed by atoms with Crippen molar-refractivity contribution in [1.29, 1.82) is 0 Å². The van der Waals surface area contributed by atoms with Crippen LogP contribution in [0.2, 0.25) is 0 Å². The van der Waals surface area contributed by atoms with Crippen LogP contribution in [0.1, 0.15) is 36.0 Å². The zero-order chi connectivity index (χ0) is 20.7. The molecular formula is C22H30N4O2S. The van der Waals surface area contributed by atoms with E-state index >= 15 is 0 Å². The van der Waals surface area contributed by atoms with Crippen molar-refractivity contribution in [2.75, 3.05) is 20.1 Å². The molecule has 0 spiro atoms. The van der Waals surface area contributed by atoms with Crippen LogP contribution in [0.25, 0.3) is 0 Å². The van der Waals surface area contributed by atoms with Crippen LogP contribution in [0.5, 0.6) is 0 Å². The van der Waals surface area contributed by atoms with Crippen LogP contribution in [0.4, 0.5) is 0 Å². The summed E-state index contributed by atoms with van der Waals surface area (Å²) in [6, 6.07) is 15.5. The number of hydrogen-bond donors (Lipinski definition) is 2. The standard InChI is InChI=1S/C22H30N4O2S/c1-18-9-11-19(12-10-18)16-24-22(23-2)25-17-20-7-6-8-21(15-20)29(27,28)26-13-4-3-5-14-26/h6-12,15H,3-5,13-14,16-17H2,1-2H3,(H2,23,24,25). The molecule has 1 saturated heterocycles. The number of aliphatic imine (C=N–C) groups is 1. The summed E-state index contributed by atoms with van der Waals surface area (Å²) in [7, 11) is -1.69. The van der Waals surface area contributed by atoms with E-state index in [9.17, 15) is 8.42 Å². The van der Waals surface area contributed by atoms with E-state index in [1.807, 2.05) is 6.07 Å². The molecule has 29 heavy (non-hydrogen) atoms. The quantitative estimate of drug-likeness (QED) is 0.563. The molecule has 1 heterocycles. The van der Waals surface area contributed by atoms with Crippen LogP contribution >= 0.6 is 0 Å². The number of hydrogen-bond acceptors (Lipinski definition) is 3. The lowest BCUT2D eigenvalue weighted by Crippen LogP contribution is -2.36. The first-order chi connectivity index (χ1) is 14.0. The van der Waals surface area contributed by atoms with Crippen molar-refractivity contribution in [3.05, 3.63) is 65.2 Å². The molecule has 0 amide bonds. The Morgan fingerprint density at radius 3 is 2.28 bits per heavy atom. The Bertz CT molecular complexity index is 934. The third-order valence-corrected chi connectivity index (χ3v) is 7.01. The van der Waals surface area contributed by atoms with Gasteiger partial charge in [-0.15, -0.1) is 0 Å². The van der Waals surface area contributed by atoms with E-state index in [0.29, 0.717) is 37.0 Å². The van der Waals surface area contributed by atoms with Gasteiger partial charge in [-0.1, -0.05) is 48.4 Å².